The molecule has 1 unspecified atom stereocenters. The maximum atomic E-state index is 6.47. The van der Waals surface area contributed by atoms with Crippen molar-refractivity contribution < 1.29 is 4.74 Å². The number of benzene rings is 1. The van der Waals surface area contributed by atoms with Crippen LogP contribution in [0.5, 0.6) is 5.75 Å². The van der Waals surface area contributed by atoms with E-state index in [0.717, 1.165) is 36.7 Å². The number of aromatic nitrogens is 1. The van der Waals surface area contributed by atoms with E-state index < -0.39 is 0 Å². The molecular weight excluding hydrogens is 284 g/mol. The second-order valence-electron chi connectivity index (χ2n) is 6.19. The Balaban J connectivity index is 1.82. The first kappa shape index (κ1) is 13.2. The highest BCUT2D eigenvalue weighted by Crippen LogP contribution is 2.50. The molecular formula is C17H19ClN2O. The number of ether oxygens (including phenoxy) is 1. The fraction of sp³-hybridized carbons (Fsp3) is 0.412. The summed E-state index contributed by atoms with van der Waals surface area (Å²) in [5, 5.41) is 0.777. The van der Waals surface area contributed by atoms with E-state index in [1.165, 1.54) is 5.56 Å². The van der Waals surface area contributed by atoms with Crippen molar-refractivity contribution >= 4 is 11.6 Å². The second-order valence-corrected chi connectivity index (χ2v) is 6.62. The lowest BCUT2D eigenvalue weighted by atomic mass is 9.82. The minimum atomic E-state index is -0.140. The van der Waals surface area contributed by atoms with Gasteiger partial charge in [-0.3, -0.25) is 0 Å². The summed E-state index contributed by atoms with van der Waals surface area (Å²) in [4.78, 5) is 2.37. The van der Waals surface area contributed by atoms with E-state index >= 15 is 0 Å². The second kappa shape index (κ2) is 4.79. The number of likely N-dealkylation sites (tertiary alicyclic amines) is 1. The maximum absolute atomic E-state index is 6.47. The molecule has 1 spiro atoms. The Morgan fingerprint density at radius 2 is 1.90 bits per heavy atom. The largest absolute Gasteiger partial charge is 0.484 e. The van der Waals surface area contributed by atoms with Gasteiger partial charge in [-0.25, -0.2) is 0 Å². The SMILES string of the molecule is CN1CCC2(CC1)Oc1ccc(Cl)cc1C2n1cccc1. The lowest BCUT2D eigenvalue weighted by Gasteiger charge is -2.41. The molecule has 3 nitrogen and oxygen atoms in total. The molecule has 2 aromatic rings. The topological polar surface area (TPSA) is 17.4 Å². The predicted molar refractivity (Wildman–Crippen MR) is 84.1 cm³/mol. The molecule has 0 radical (unpaired) electrons. The van der Waals surface area contributed by atoms with Crippen LogP contribution in [-0.4, -0.2) is 35.2 Å². The number of rotatable bonds is 1. The van der Waals surface area contributed by atoms with Crippen LogP contribution in [0.2, 0.25) is 5.02 Å². The summed E-state index contributed by atoms with van der Waals surface area (Å²) < 4.78 is 8.74. The fourth-order valence-corrected chi connectivity index (χ4v) is 3.89. The summed E-state index contributed by atoms with van der Waals surface area (Å²) >= 11 is 6.23. The third kappa shape index (κ3) is 2.07. The Morgan fingerprint density at radius 3 is 2.62 bits per heavy atom. The summed E-state index contributed by atoms with van der Waals surface area (Å²) in [6.07, 6.45) is 6.34. The van der Waals surface area contributed by atoms with Gasteiger partial charge in [0.05, 0.1) is 0 Å². The number of halogens is 1. The maximum Gasteiger partial charge on any atom is 0.136 e. The van der Waals surface area contributed by atoms with Gasteiger partial charge in [-0.2, -0.15) is 0 Å². The van der Waals surface area contributed by atoms with E-state index in [1.54, 1.807) is 0 Å². The van der Waals surface area contributed by atoms with Crippen molar-refractivity contribution in [2.24, 2.45) is 0 Å². The summed E-state index contributed by atoms with van der Waals surface area (Å²) in [7, 11) is 2.18. The minimum Gasteiger partial charge on any atom is -0.484 e. The van der Waals surface area contributed by atoms with Gasteiger partial charge < -0.3 is 14.2 Å². The van der Waals surface area contributed by atoms with Gasteiger partial charge in [0.2, 0.25) is 0 Å². The summed E-state index contributed by atoms with van der Waals surface area (Å²) in [5.41, 5.74) is 1.07. The van der Waals surface area contributed by atoms with E-state index in [0.29, 0.717) is 0 Å². The first-order valence-electron chi connectivity index (χ1n) is 7.47. The normalized spacial score (nSPS) is 24.0. The molecule has 110 valence electrons. The van der Waals surface area contributed by atoms with Gasteiger partial charge in [0.1, 0.15) is 17.4 Å². The Bertz CT molecular complexity index is 645. The molecule has 2 aliphatic rings. The average Bonchev–Trinajstić information content (AvgIpc) is 3.07. The molecule has 3 heterocycles. The molecule has 4 rings (SSSR count). The number of hydrogen-bond acceptors (Lipinski definition) is 2. The molecule has 1 saturated heterocycles. The first-order chi connectivity index (χ1) is 10.2. The third-order valence-corrected chi connectivity index (χ3v) is 5.07. The van der Waals surface area contributed by atoms with E-state index in [4.69, 9.17) is 16.3 Å². The van der Waals surface area contributed by atoms with Crippen molar-refractivity contribution in [1.82, 2.24) is 9.47 Å². The lowest BCUT2D eigenvalue weighted by Crippen LogP contribution is -2.49. The molecule has 0 amide bonds. The number of piperidine rings is 1. The zero-order chi connectivity index (χ0) is 14.4. The Labute approximate surface area is 130 Å². The number of nitrogens with zero attached hydrogens (tertiary/aromatic N) is 2. The van der Waals surface area contributed by atoms with Crippen molar-refractivity contribution in [2.75, 3.05) is 20.1 Å². The molecule has 0 N–H and O–H groups in total. The summed E-state index contributed by atoms with van der Waals surface area (Å²) in [5.74, 6) is 0.989. The van der Waals surface area contributed by atoms with Crippen LogP contribution in [-0.2, 0) is 0 Å². The van der Waals surface area contributed by atoms with Crippen molar-refractivity contribution in [3.63, 3.8) is 0 Å². The highest BCUT2D eigenvalue weighted by atomic mass is 35.5. The molecule has 1 aromatic heterocycles. The minimum absolute atomic E-state index is 0.140. The van der Waals surface area contributed by atoms with Crippen molar-refractivity contribution in [2.45, 2.75) is 24.5 Å². The van der Waals surface area contributed by atoms with Crippen LogP contribution in [0.1, 0.15) is 24.4 Å². The summed E-state index contributed by atoms with van der Waals surface area (Å²) in [6.45, 7) is 2.14. The van der Waals surface area contributed by atoms with E-state index in [9.17, 15) is 0 Å². The Morgan fingerprint density at radius 1 is 1.19 bits per heavy atom. The van der Waals surface area contributed by atoms with Crippen LogP contribution in [0.4, 0.5) is 0 Å². The Hall–Kier alpha value is -1.45. The van der Waals surface area contributed by atoms with Crippen LogP contribution in [0, 0.1) is 0 Å². The van der Waals surface area contributed by atoms with Crippen molar-refractivity contribution in [3.05, 3.63) is 53.3 Å². The molecule has 2 aliphatic heterocycles. The molecule has 1 aromatic carbocycles. The predicted octanol–water partition coefficient (Wildman–Crippen LogP) is 3.59. The van der Waals surface area contributed by atoms with E-state index in [2.05, 4.69) is 47.1 Å². The van der Waals surface area contributed by atoms with Gasteiger partial charge in [0.25, 0.3) is 0 Å². The van der Waals surface area contributed by atoms with Crippen LogP contribution in [0.25, 0.3) is 0 Å². The number of fused-ring (bicyclic) bond motifs is 1. The Kier molecular flexibility index (Phi) is 3.02. The van der Waals surface area contributed by atoms with Gasteiger partial charge in [-0.1, -0.05) is 11.6 Å². The van der Waals surface area contributed by atoms with E-state index in [1.807, 2.05) is 12.1 Å². The van der Waals surface area contributed by atoms with Crippen LogP contribution in [0.3, 0.4) is 0 Å². The molecule has 0 saturated carbocycles. The zero-order valence-corrected chi connectivity index (χ0v) is 12.9. The van der Waals surface area contributed by atoms with Gasteiger partial charge >= 0.3 is 0 Å². The van der Waals surface area contributed by atoms with Gasteiger partial charge in [0, 0.05) is 48.9 Å². The smallest absolute Gasteiger partial charge is 0.136 e. The standard InChI is InChI=1S/C17H19ClN2O/c1-19-10-6-17(7-11-19)16(20-8-2-3-9-20)14-12-13(18)4-5-15(14)21-17/h2-5,8-9,12,16H,6-7,10-11H2,1H3. The molecule has 21 heavy (non-hydrogen) atoms. The van der Waals surface area contributed by atoms with Gasteiger partial charge in [0.15, 0.2) is 0 Å². The van der Waals surface area contributed by atoms with Crippen molar-refractivity contribution in [3.8, 4) is 5.75 Å². The van der Waals surface area contributed by atoms with Crippen LogP contribution < -0.4 is 4.74 Å². The van der Waals surface area contributed by atoms with Crippen LogP contribution >= 0.6 is 11.6 Å². The lowest BCUT2D eigenvalue weighted by molar-refractivity contribution is -0.000792. The van der Waals surface area contributed by atoms with E-state index in [-0.39, 0.29) is 11.6 Å². The third-order valence-electron chi connectivity index (χ3n) is 4.84. The molecule has 1 fully saturated rings. The van der Waals surface area contributed by atoms with Gasteiger partial charge in [-0.15, -0.1) is 0 Å². The van der Waals surface area contributed by atoms with Crippen LogP contribution in [0.15, 0.2) is 42.7 Å². The quantitative estimate of drug-likeness (QED) is 0.801. The monoisotopic (exact) mass is 302 g/mol. The zero-order valence-electron chi connectivity index (χ0n) is 12.1. The molecule has 4 heteroatoms. The first-order valence-corrected chi connectivity index (χ1v) is 7.85. The molecule has 1 atom stereocenters. The number of hydrogen-bond donors (Lipinski definition) is 0. The highest BCUT2D eigenvalue weighted by Gasteiger charge is 2.50. The van der Waals surface area contributed by atoms with Crippen molar-refractivity contribution in [1.29, 1.82) is 0 Å². The average molecular weight is 303 g/mol. The highest BCUT2D eigenvalue weighted by molar-refractivity contribution is 6.30. The molecule has 0 aliphatic carbocycles. The van der Waals surface area contributed by atoms with Gasteiger partial charge in [-0.05, 0) is 37.4 Å². The fourth-order valence-electron chi connectivity index (χ4n) is 3.71. The molecule has 0 bridgehead atoms. The summed E-state index contributed by atoms with van der Waals surface area (Å²) in [6, 6.07) is 10.4.